The van der Waals surface area contributed by atoms with E-state index in [9.17, 15) is 19.1 Å². The van der Waals surface area contributed by atoms with Crippen molar-refractivity contribution in [2.45, 2.75) is 70.6 Å². The number of nitrogens with one attached hydrogen (secondary N) is 1. The number of hydrogen-bond donors (Lipinski definition) is 2. The van der Waals surface area contributed by atoms with Gasteiger partial charge in [-0.15, -0.1) is 0 Å². The Morgan fingerprint density at radius 1 is 1.27 bits per heavy atom. The Kier molecular flexibility index (Phi) is 6.06. The van der Waals surface area contributed by atoms with Crippen molar-refractivity contribution >= 4 is 11.7 Å². The van der Waals surface area contributed by atoms with Gasteiger partial charge in [-0.05, 0) is 85.8 Å². The molecule has 3 aliphatic carbocycles. The topological polar surface area (TPSA) is 69.6 Å². The molecule has 1 aromatic carbocycles. The van der Waals surface area contributed by atoms with Crippen LogP contribution >= 0.6 is 0 Å². The number of fused-ring (bicyclic) bond motifs is 5. The SMILES string of the molecule is C[C@]12CCC3c4cccc(F)c4CCC3C1[C@H](CCC(=O)NN1CCCCC1)/C(=C/O)C2=O. The van der Waals surface area contributed by atoms with Crippen LogP contribution in [0.1, 0.15) is 75.3 Å². The maximum absolute atomic E-state index is 14.5. The van der Waals surface area contributed by atoms with Gasteiger partial charge in [-0.25, -0.2) is 9.40 Å². The first-order chi connectivity index (χ1) is 15.9. The van der Waals surface area contributed by atoms with E-state index in [4.69, 9.17) is 0 Å². The molecule has 0 aromatic heterocycles. The average molecular weight is 455 g/mol. The van der Waals surface area contributed by atoms with E-state index in [1.54, 1.807) is 12.1 Å². The van der Waals surface area contributed by atoms with Crippen molar-refractivity contribution < 1.29 is 19.1 Å². The van der Waals surface area contributed by atoms with Gasteiger partial charge in [0, 0.05) is 30.5 Å². The molecule has 5 atom stereocenters. The molecule has 0 spiro atoms. The molecule has 6 heteroatoms. The van der Waals surface area contributed by atoms with Crippen molar-refractivity contribution in [3.63, 3.8) is 0 Å². The lowest BCUT2D eigenvalue weighted by atomic mass is 9.54. The van der Waals surface area contributed by atoms with Crippen LogP contribution in [0.2, 0.25) is 0 Å². The number of carbonyl (C=O) groups is 2. The minimum absolute atomic E-state index is 0.0151. The molecular weight excluding hydrogens is 419 g/mol. The largest absolute Gasteiger partial charge is 0.515 e. The van der Waals surface area contributed by atoms with Gasteiger partial charge in [-0.3, -0.25) is 15.0 Å². The Morgan fingerprint density at radius 2 is 2.06 bits per heavy atom. The number of rotatable bonds is 4. The van der Waals surface area contributed by atoms with Gasteiger partial charge >= 0.3 is 0 Å². The van der Waals surface area contributed by atoms with Gasteiger partial charge in [-0.2, -0.15) is 0 Å². The second-order valence-electron chi connectivity index (χ2n) is 10.7. The summed E-state index contributed by atoms with van der Waals surface area (Å²) in [5, 5.41) is 12.0. The fourth-order valence-corrected chi connectivity index (χ4v) is 7.54. The van der Waals surface area contributed by atoms with Crippen molar-refractivity contribution in [1.29, 1.82) is 0 Å². The Hall–Kier alpha value is -2.21. The highest BCUT2D eigenvalue weighted by Crippen LogP contribution is 2.63. The number of aliphatic hydroxyl groups excluding tert-OH is 1. The molecule has 3 fully saturated rings. The van der Waals surface area contributed by atoms with Crippen LogP contribution in [0, 0.1) is 29.0 Å². The summed E-state index contributed by atoms with van der Waals surface area (Å²) in [6.07, 6.45) is 8.42. The predicted octanol–water partition coefficient (Wildman–Crippen LogP) is 4.83. The molecule has 178 valence electrons. The summed E-state index contributed by atoms with van der Waals surface area (Å²) < 4.78 is 14.5. The number of benzene rings is 1. The van der Waals surface area contributed by atoms with Gasteiger partial charge in [-0.1, -0.05) is 25.5 Å². The van der Waals surface area contributed by atoms with Crippen LogP contribution in [0.25, 0.3) is 0 Å². The van der Waals surface area contributed by atoms with Gasteiger partial charge in [0.1, 0.15) is 5.82 Å². The Morgan fingerprint density at radius 3 is 2.82 bits per heavy atom. The van der Waals surface area contributed by atoms with Crippen LogP contribution in [0.15, 0.2) is 30.0 Å². The van der Waals surface area contributed by atoms with E-state index in [2.05, 4.69) is 18.4 Å². The van der Waals surface area contributed by atoms with E-state index in [0.29, 0.717) is 24.8 Å². The summed E-state index contributed by atoms with van der Waals surface area (Å²) in [6.45, 7) is 3.82. The number of allylic oxidation sites excluding steroid dienone is 1. The summed E-state index contributed by atoms with van der Waals surface area (Å²) in [5.41, 5.74) is 4.93. The zero-order valence-corrected chi connectivity index (χ0v) is 19.5. The number of aliphatic hydroxyl groups is 1. The third-order valence-corrected chi connectivity index (χ3v) is 9.04. The number of Topliss-reactive ketones (excluding diaryl/α,β-unsaturated/α-hetero) is 1. The van der Waals surface area contributed by atoms with E-state index < -0.39 is 5.41 Å². The molecule has 0 bridgehead atoms. The quantitative estimate of drug-likeness (QED) is 0.505. The van der Waals surface area contributed by atoms with Crippen molar-refractivity contribution in [1.82, 2.24) is 10.4 Å². The van der Waals surface area contributed by atoms with E-state index in [1.807, 2.05) is 5.01 Å². The van der Waals surface area contributed by atoms with E-state index in [-0.39, 0.29) is 41.2 Å². The smallest absolute Gasteiger partial charge is 0.234 e. The molecule has 1 amide bonds. The first kappa shape index (κ1) is 22.6. The van der Waals surface area contributed by atoms with Crippen molar-refractivity contribution in [3.05, 3.63) is 47.0 Å². The molecule has 5 nitrogen and oxygen atoms in total. The Labute approximate surface area is 195 Å². The molecule has 3 unspecified atom stereocenters. The fourth-order valence-electron chi connectivity index (χ4n) is 7.54. The standard InChI is InChI=1S/C27H35FN2O3/c1-27-13-12-18-17-6-5-7-23(28)19(17)8-9-20(18)25(27)21(22(16-31)26(27)33)10-11-24(32)29-30-14-3-2-4-15-30/h5-7,16,18,20-21,25,31H,2-4,8-15H2,1H3,(H,29,32)/b22-16-/t18?,20?,21-,25?,27+/m1/s1. The minimum atomic E-state index is -0.519. The van der Waals surface area contributed by atoms with Crippen molar-refractivity contribution in [2.75, 3.05) is 13.1 Å². The third-order valence-electron chi connectivity index (χ3n) is 9.04. The number of piperidine rings is 1. The Bertz CT molecular complexity index is 970. The molecular formula is C27H35FN2O3. The van der Waals surface area contributed by atoms with Gasteiger partial charge in [0.2, 0.25) is 5.91 Å². The third kappa shape index (κ3) is 3.80. The summed E-state index contributed by atoms with van der Waals surface area (Å²) in [6, 6.07) is 5.39. The predicted molar refractivity (Wildman–Crippen MR) is 124 cm³/mol. The van der Waals surface area contributed by atoms with Crippen molar-refractivity contribution in [2.24, 2.45) is 23.2 Å². The highest BCUT2D eigenvalue weighted by molar-refractivity contribution is 6.03. The number of ketones is 1. The number of nitrogens with zero attached hydrogens (tertiary/aromatic N) is 1. The molecule has 0 radical (unpaired) electrons. The van der Waals surface area contributed by atoms with Gasteiger partial charge in [0.25, 0.3) is 0 Å². The van der Waals surface area contributed by atoms with Crippen molar-refractivity contribution in [3.8, 4) is 0 Å². The molecule has 2 saturated carbocycles. The van der Waals surface area contributed by atoms with E-state index in [1.165, 1.54) is 6.42 Å². The molecule has 4 aliphatic rings. The lowest BCUT2D eigenvalue weighted by molar-refractivity contribution is -0.127. The number of hydrazine groups is 1. The van der Waals surface area contributed by atoms with Gasteiger partial charge < -0.3 is 5.11 Å². The van der Waals surface area contributed by atoms with Gasteiger partial charge in [0.05, 0.1) is 6.26 Å². The van der Waals surface area contributed by atoms with Crippen LogP contribution in [-0.2, 0) is 16.0 Å². The number of halogens is 1. The highest BCUT2D eigenvalue weighted by atomic mass is 19.1. The second-order valence-corrected chi connectivity index (χ2v) is 10.7. The summed E-state index contributed by atoms with van der Waals surface area (Å²) in [7, 11) is 0. The maximum atomic E-state index is 14.5. The lowest BCUT2D eigenvalue weighted by Crippen LogP contribution is -2.46. The van der Waals surface area contributed by atoms with Crippen LogP contribution in [0.5, 0.6) is 0 Å². The number of hydrogen-bond acceptors (Lipinski definition) is 4. The molecule has 33 heavy (non-hydrogen) atoms. The zero-order valence-electron chi connectivity index (χ0n) is 19.5. The fraction of sp³-hybridized carbons (Fsp3) is 0.630. The average Bonchev–Trinajstić information content (AvgIpc) is 3.04. The minimum Gasteiger partial charge on any atom is -0.515 e. The first-order valence-electron chi connectivity index (χ1n) is 12.6. The van der Waals surface area contributed by atoms with Gasteiger partial charge in [0.15, 0.2) is 5.78 Å². The first-order valence-corrected chi connectivity index (χ1v) is 12.6. The van der Waals surface area contributed by atoms with E-state index >= 15 is 0 Å². The maximum Gasteiger partial charge on any atom is 0.234 e. The molecule has 2 N–H and O–H groups in total. The zero-order chi connectivity index (χ0) is 23.2. The normalized spacial score (nSPS) is 35.1. The molecule has 1 heterocycles. The van der Waals surface area contributed by atoms with Crippen LogP contribution in [0.3, 0.4) is 0 Å². The van der Waals surface area contributed by atoms with Crippen LogP contribution in [-0.4, -0.2) is 34.9 Å². The molecule has 1 aliphatic heterocycles. The monoisotopic (exact) mass is 454 g/mol. The highest BCUT2D eigenvalue weighted by Gasteiger charge is 2.60. The Balaban J connectivity index is 1.38. The number of amides is 1. The van der Waals surface area contributed by atoms with Crippen LogP contribution < -0.4 is 5.43 Å². The summed E-state index contributed by atoms with van der Waals surface area (Å²) >= 11 is 0. The molecule has 1 aromatic rings. The van der Waals surface area contributed by atoms with E-state index in [0.717, 1.165) is 62.6 Å². The van der Waals surface area contributed by atoms with Crippen LogP contribution in [0.4, 0.5) is 4.39 Å². The second kappa shape index (κ2) is 8.86. The lowest BCUT2D eigenvalue weighted by Gasteiger charge is -2.49. The summed E-state index contributed by atoms with van der Waals surface area (Å²) in [4.78, 5) is 26.1. The summed E-state index contributed by atoms with van der Waals surface area (Å²) in [5.74, 6) is 0.332. The number of carbonyl (C=O) groups excluding carboxylic acids is 2. The molecule has 5 rings (SSSR count). The molecule has 1 saturated heterocycles.